The van der Waals surface area contributed by atoms with E-state index >= 15 is 0 Å². The fourth-order valence-electron chi connectivity index (χ4n) is 4.33. The lowest BCUT2D eigenvalue weighted by molar-refractivity contribution is -0.139. The van der Waals surface area contributed by atoms with Crippen LogP contribution in [0.1, 0.15) is 52.4 Å². The summed E-state index contributed by atoms with van der Waals surface area (Å²) in [5.74, 6) is 0.0493. The summed E-state index contributed by atoms with van der Waals surface area (Å²) in [6.07, 6.45) is 4.32. The molecule has 1 unspecified atom stereocenters. The maximum absolute atomic E-state index is 13.1. The van der Waals surface area contributed by atoms with Gasteiger partial charge in [-0.1, -0.05) is 13.8 Å². The van der Waals surface area contributed by atoms with Crippen molar-refractivity contribution in [2.24, 2.45) is 0 Å². The fraction of sp³-hybridized carbons (Fsp3) is 0.833. The minimum atomic E-state index is -0.724. The second-order valence-electron chi connectivity index (χ2n) is 7.51. The lowest BCUT2D eigenvalue weighted by atomic mass is 9.87. The van der Waals surface area contributed by atoms with Gasteiger partial charge in [-0.05, 0) is 38.6 Å². The molecule has 3 saturated heterocycles. The van der Waals surface area contributed by atoms with Gasteiger partial charge in [-0.2, -0.15) is 0 Å². The number of hydrogen-bond acceptors (Lipinski definition) is 4. The average Bonchev–Trinajstić information content (AvgIpc) is 2.86. The molecule has 0 bridgehead atoms. The Hall–Kier alpha value is -1.63. The van der Waals surface area contributed by atoms with Gasteiger partial charge in [0.1, 0.15) is 5.54 Å². The molecule has 0 saturated carbocycles. The fourth-order valence-corrected chi connectivity index (χ4v) is 4.33. The van der Waals surface area contributed by atoms with Gasteiger partial charge in [0.15, 0.2) is 0 Å². The van der Waals surface area contributed by atoms with E-state index < -0.39 is 5.54 Å². The molecule has 1 atom stereocenters. The molecule has 0 radical (unpaired) electrons. The molecule has 25 heavy (non-hydrogen) atoms. The van der Waals surface area contributed by atoms with Crippen molar-refractivity contribution in [3.05, 3.63) is 0 Å². The minimum Gasteiger partial charge on any atom is -0.341 e. The summed E-state index contributed by atoms with van der Waals surface area (Å²) in [6, 6.07) is -0.463. The summed E-state index contributed by atoms with van der Waals surface area (Å²) in [5.41, 5.74) is -0.724. The predicted molar refractivity (Wildman–Crippen MR) is 94.0 cm³/mol. The van der Waals surface area contributed by atoms with Gasteiger partial charge >= 0.3 is 6.03 Å². The number of carbonyl (C=O) groups excluding carboxylic acids is 3. The van der Waals surface area contributed by atoms with Crippen LogP contribution in [-0.2, 0) is 9.59 Å². The van der Waals surface area contributed by atoms with Crippen molar-refractivity contribution < 1.29 is 14.4 Å². The number of hydrogen-bond donors (Lipinski definition) is 1. The third-order valence-electron chi connectivity index (χ3n) is 5.93. The number of likely N-dealkylation sites (tertiary alicyclic amines) is 2. The number of imide groups is 1. The quantitative estimate of drug-likeness (QED) is 0.773. The first-order chi connectivity index (χ1) is 12.0. The summed E-state index contributed by atoms with van der Waals surface area (Å²) in [6.45, 7) is 7.96. The third kappa shape index (κ3) is 3.38. The Kier molecular flexibility index (Phi) is 5.32. The molecule has 0 aromatic heterocycles. The predicted octanol–water partition coefficient (Wildman–Crippen LogP) is 1.18. The van der Waals surface area contributed by atoms with Crippen molar-refractivity contribution >= 4 is 17.8 Å². The van der Waals surface area contributed by atoms with E-state index in [1.807, 2.05) is 11.8 Å². The van der Waals surface area contributed by atoms with Crippen molar-refractivity contribution in [2.75, 3.05) is 32.7 Å². The molecule has 3 aliphatic heterocycles. The number of piperidine rings is 2. The Balaban J connectivity index is 1.69. The molecule has 7 nitrogen and oxygen atoms in total. The highest BCUT2D eigenvalue weighted by molar-refractivity contribution is 6.07. The molecule has 3 rings (SSSR count). The third-order valence-corrected chi connectivity index (χ3v) is 5.93. The first kappa shape index (κ1) is 18.2. The molecule has 4 amide bonds. The molecule has 7 heteroatoms. The van der Waals surface area contributed by atoms with Crippen molar-refractivity contribution in [1.29, 1.82) is 0 Å². The zero-order valence-electron chi connectivity index (χ0n) is 15.4. The highest BCUT2D eigenvalue weighted by Crippen LogP contribution is 2.32. The molecular formula is C18H30N4O3. The van der Waals surface area contributed by atoms with Gasteiger partial charge in [0.2, 0.25) is 5.91 Å². The summed E-state index contributed by atoms with van der Waals surface area (Å²) < 4.78 is 0. The van der Waals surface area contributed by atoms with Crippen LogP contribution < -0.4 is 5.32 Å². The van der Waals surface area contributed by atoms with E-state index in [4.69, 9.17) is 0 Å². The first-order valence-electron chi connectivity index (χ1n) is 9.66. The van der Waals surface area contributed by atoms with Gasteiger partial charge in [-0.25, -0.2) is 4.79 Å². The maximum atomic E-state index is 13.1. The zero-order valence-corrected chi connectivity index (χ0v) is 15.4. The van der Waals surface area contributed by atoms with Crippen LogP contribution in [0.5, 0.6) is 0 Å². The van der Waals surface area contributed by atoms with Crippen LogP contribution in [0.25, 0.3) is 0 Å². The lowest BCUT2D eigenvalue weighted by Crippen LogP contribution is -2.56. The Morgan fingerprint density at radius 1 is 1.20 bits per heavy atom. The van der Waals surface area contributed by atoms with E-state index in [1.165, 1.54) is 4.90 Å². The highest BCUT2D eigenvalue weighted by Gasteiger charge is 2.54. The SMILES string of the molecule is CCCC(=O)N1CCCC(N2C(=O)NC3(CCN(CC)CC3)C2=O)C1. The number of nitrogens with zero attached hydrogens (tertiary/aromatic N) is 3. The van der Waals surface area contributed by atoms with Crippen molar-refractivity contribution in [3.63, 3.8) is 0 Å². The van der Waals surface area contributed by atoms with Crippen LogP contribution in [0.2, 0.25) is 0 Å². The van der Waals surface area contributed by atoms with Crippen LogP contribution in [0, 0.1) is 0 Å². The number of carbonyl (C=O) groups is 3. The summed E-state index contributed by atoms with van der Waals surface area (Å²) in [4.78, 5) is 43.5. The van der Waals surface area contributed by atoms with E-state index in [2.05, 4.69) is 17.1 Å². The zero-order chi connectivity index (χ0) is 18.0. The molecule has 0 aromatic carbocycles. The highest BCUT2D eigenvalue weighted by atomic mass is 16.2. The van der Waals surface area contributed by atoms with Crippen LogP contribution in [0.3, 0.4) is 0 Å². The van der Waals surface area contributed by atoms with E-state index in [0.29, 0.717) is 25.8 Å². The Bertz CT molecular complexity index is 542. The van der Waals surface area contributed by atoms with E-state index in [0.717, 1.165) is 45.4 Å². The van der Waals surface area contributed by atoms with E-state index in [-0.39, 0.29) is 23.9 Å². The summed E-state index contributed by atoms with van der Waals surface area (Å²) in [7, 11) is 0. The monoisotopic (exact) mass is 350 g/mol. The van der Waals surface area contributed by atoms with Gasteiger partial charge in [-0.15, -0.1) is 0 Å². The van der Waals surface area contributed by atoms with Gasteiger partial charge in [0, 0.05) is 32.6 Å². The van der Waals surface area contributed by atoms with Crippen LogP contribution in [0.4, 0.5) is 4.79 Å². The van der Waals surface area contributed by atoms with Crippen LogP contribution >= 0.6 is 0 Å². The molecule has 3 fully saturated rings. The van der Waals surface area contributed by atoms with Gasteiger partial charge in [0.05, 0.1) is 6.04 Å². The Morgan fingerprint density at radius 2 is 1.92 bits per heavy atom. The smallest absolute Gasteiger partial charge is 0.325 e. The van der Waals surface area contributed by atoms with Gasteiger partial charge < -0.3 is 15.1 Å². The van der Waals surface area contributed by atoms with E-state index in [9.17, 15) is 14.4 Å². The Labute approximate surface area is 149 Å². The molecule has 1 N–H and O–H groups in total. The second kappa shape index (κ2) is 7.32. The van der Waals surface area contributed by atoms with Gasteiger partial charge in [0.25, 0.3) is 5.91 Å². The number of amides is 4. The van der Waals surface area contributed by atoms with Crippen molar-refractivity contribution in [3.8, 4) is 0 Å². The standard InChI is InChI=1S/C18H30N4O3/c1-3-6-15(23)21-10-5-7-14(13-21)22-16(24)18(19-17(22)25)8-11-20(4-2)12-9-18/h14H,3-13H2,1-2H3,(H,19,25). The Morgan fingerprint density at radius 3 is 2.56 bits per heavy atom. The molecule has 3 aliphatic rings. The first-order valence-corrected chi connectivity index (χ1v) is 9.66. The molecule has 0 aliphatic carbocycles. The number of nitrogens with one attached hydrogen (secondary N) is 1. The number of urea groups is 1. The van der Waals surface area contributed by atoms with E-state index in [1.54, 1.807) is 0 Å². The van der Waals surface area contributed by atoms with Crippen LogP contribution in [-0.4, -0.2) is 76.8 Å². The molecule has 140 valence electrons. The number of rotatable bonds is 4. The minimum absolute atomic E-state index is 0.0805. The van der Waals surface area contributed by atoms with Crippen molar-refractivity contribution in [2.45, 2.75) is 64.0 Å². The normalized spacial score (nSPS) is 27.0. The largest absolute Gasteiger partial charge is 0.341 e. The summed E-state index contributed by atoms with van der Waals surface area (Å²) in [5, 5.41) is 2.99. The van der Waals surface area contributed by atoms with Gasteiger partial charge in [-0.3, -0.25) is 14.5 Å². The topological polar surface area (TPSA) is 73.0 Å². The molecular weight excluding hydrogens is 320 g/mol. The lowest BCUT2D eigenvalue weighted by Gasteiger charge is -2.39. The second-order valence-corrected chi connectivity index (χ2v) is 7.51. The molecule has 0 aromatic rings. The maximum Gasteiger partial charge on any atom is 0.325 e. The van der Waals surface area contributed by atoms with Crippen molar-refractivity contribution in [1.82, 2.24) is 20.0 Å². The molecule has 3 heterocycles. The van der Waals surface area contributed by atoms with Crippen LogP contribution in [0.15, 0.2) is 0 Å². The molecule has 1 spiro atoms. The average molecular weight is 350 g/mol. The summed E-state index contributed by atoms with van der Waals surface area (Å²) >= 11 is 0.